The van der Waals surface area contributed by atoms with E-state index in [1.54, 1.807) is 28.0 Å². The number of thioether (sulfide) groups is 1. The van der Waals surface area contributed by atoms with Crippen LogP contribution in [0.2, 0.25) is 0 Å². The van der Waals surface area contributed by atoms with Crippen molar-refractivity contribution in [2.75, 3.05) is 6.61 Å². The molecule has 20 heavy (non-hydrogen) atoms. The smallest absolute Gasteiger partial charge is 0.266 e. The van der Waals surface area contributed by atoms with Crippen molar-refractivity contribution in [2.24, 2.45) is 5.92 Å². The number of amides is 1. The maximum atomic E-state index is 12.5. The Morgan fingerprint density at radius 2 is 2.35 bits per heavy atom. The molecule has 2 atom stereocenters. The van der Waals surface area contributed by atoms with Crippen molar-refractivity contribution in [3.63, 3.8) is 0 Å². The predicted octanol–water partition coefficient (Wildman–Crippen LogP) is 3.79. The number of carbonyl (C=O) groups excluding carboxylic acids is 1. The molecule has 0 radical (unpaired) electrons. The number of hydrogen-bond acceptors (Lipinski definition) is 5. The lowest BCUT2D eigenvalue weighted by molar-refractivity contribution is -0.128. The van der Waals surface area contributed by atoms with Crippen molar-refractivity contribution in [1.82, 2.24) is 4.90 Å². The minimum atomic E-state index is 0.0720. The topological polar surface area (TPSA) is 29.5 Å². The summed E-state index contributed by atoms with van der Waals surface area (Å²) in [7, 11) is 0. The Kier molecular flexibility index (Phi) is 5.46. The van der Waals surface area contributed by atoms with Crippen molar-refractivity contribution in [1.29, 1.82) is 0 Å². The van der Waals surface area contributed by atoms with Crippen LogP contribution in [0.4, 0.5) is 0 Å². The van der Waals surface area contributed by atoms with Gasteiger partial charge in [0.25, 0.3) is 5.17 Å². The second kappa shape index (κ2) is 6.91. The lowest BCUT2D eigenvalue weighted by Gasteiger charge is -2.25. The summed E-state index contributed by atoms with van der Waals surface area (Å²) in [5, 5.41) is 2.62. The van der Waals surface area contributed by atoms with Gasteiger partial charge in [0.05, 0.1) is 10.3 Å². The second-order valence-corrected chi connectivity index (χ2v) is 8.25. The number of nitrogens with zero attached hydrogens (tertiary/aromatic N) is 1. The van der Waals surface area contributed by atoms with E-state index in [4.69, 9.17) is 17.0 Å². The summed E-state index contributed by atoms with van der Waals surface area (Å²) in [5.41, 5.74) is 0. The first kappa shape index (κ1) is 15.8. The maximum Gasteiger partial charge on any atom is 0.266 e. The lowest BCUT2D eigenvalue weighted by Crippen LogP contribution is -2.42. The molecule has 0 bridgehead atoms. The van der Waals surface area contributed by atoms with E-state index < -0.39 is 0 Å². The van der Waals surface area contributed by atoms with E-state index in [0.29, 0.717) is 24.1 Å². The Hall–Kier alpha value is -0.590. The van der Waals surface area contributed by atoms with E-state index >= 15 is 0 Å². The van der Waals surface area contributed by atoms with Gasteiger partial charge in [-0.05, 0) is 29.6 Å². The summed E-state index contributed by atoms with van der Waals surface area (Å²) in [6, 6.07) is 4.19. The molecule has 0 aromatic carbocycles. The molecule has 110 valence electrons. The highest BCUT2D eigenvalue weighted by Gasteiger charge is 2.37. The highest BCUT2D eigenvalue weighted by molar-refractivity contribution is 8.01. The molecule has 1 fully saturated rings. The first-order valence-corrected chi connectivity index (χ1v) is 8.84. The van der Waals surface area contributed by atoms with E-state index in [2.05, 4.69) is 32.2 Å². The third-order valence-electron chi connectivity index (χ3n) is 3.22. The van der Waals surface area contributed by atoms with Crippen LogP contribution in [-0.2, 0) is 9.53 Å². The van der Waals surface area contributed by atoms with E-state index in [9.17, 15) is 4.79 Å². The molecule has 0 saturated carbocycles. The van der Waals surface area contributed by atoms with E-state index in [1.165, 1.54) is 4.21 Å². The Bertz CT molecular complexity index is 473. The summed E-state index contributed by atoms with van der Waals surface area (Å²) >= 11 is 8.60. The fourth-order valence-electron chi connectivity index (χ4n) is 2.13. The molecule has 2 rings (SSSR count). The largest absolute Gasteiger partial charge is 0.468 e. The van der Waals surface area contributed by atoms with Gasteiger partial charge in [-0.15, -0.1) is 23.1 Å². The van der Waals surface area contributed by atoms with Crippen molar-refractivity contribution in [2.45, 2.75) is 42.7 Å². The Labute approximate surface area is 133 Å². The van der Waals surface area contributed by atoms with Crippen molar-refractivity contribution in [3.8, 4) is 0 Å². The molecule has 1 aliphatic heterocycles. The van der Waals surface area contributed by atoms with Gasteiger partial charge in [0.2, 0.25) is 5.91 Å². The van der Waals surface area contributed by atoms with E-state index in [-0.39, 0.29) is 17.2 Å². The van der Waals surface area contributed by atoms with Crippen molar-refractivity contribution in [3.05, 3.63) is 17.5 Å². The molecule has 2 heterocycles. The molecule has 6 heteroatoms. The molecular formula is C14H19NO2S3. The minimum Gasteiger partial charge on any atom is -0.468 e. The highest BCUT2D eigenvalue weighted by Crippen LogP contribution is 2.30. The lowest BCUT2D eigenvalue weighted by atomic mass is 10.0. The van der Waals surface area contributed by atoms with Gasteiger partial charge >= 0.3 is 0 Å². The van der Waals surface area contributed by atoms with Crippen LogP contribution in [0.1, 0.15) is 27.2 Å². The number of carbonyl (C=O) groups is 1. The zero-order valence-electron chi connectivity index (χ0n) is 11.9. The Balaban J connectivity index is 1.94. The van der Waals surface area contributed by atoms with Gasteiger partial charge in [0.1, 0.15) is 6.61 Å². The monoisotopic (exact) mass is 329 g/mol. The predicted molar refractivity (Wildman–Crippen MR) is 88.3 cm³/mol. The van der Waals surface area contributed by atoms with Gasteiger partial charge in [0.15, 0.2) is 0 Å². The molecule has 1 aliphatic rings. The molecule has 1 aromatic rings. The molecule has 1 amide bonds. The normalized spacial score (nSPS) is 20.3. The van der Waals surface area contributed by atoms with Gasteiger partial charge in [-0.3, -0.25) is 9.69 Å². The standard InChI is InChI=1S/C14H19NO2S3/c1-9(2)11-8-17-14(18)15(11)12(16)7-10(3)20-13-5-4-6-19-13/h4-6,9-11H,7-8H2,1-3H3/t10-,11-/m0/s1. The Morgan fingerprint density at radius 3 is 2.95 bits per heavy atom. The van der Waals surface area contributed by atoms with Crippen LogP contribution in [0, 0.1) is 5.92 Å². The molecule has 0 unspecified atom stereocenters. The molecule has 0 aliphatic carbocycles. The van der Waals surface area contributed by atoms with E-state index in [0.717, 1.165) is 0 Å². The SMILES string of the molecule is CC(C)[C@@H]1COC(=S)N1C(=O)C[C@H](C)Sc1cccs1. The van der Waals surface area contributed by atoms with Crippen LogP contribution >= 0.6 is 35.3 Å². The minimum absolute atomic E-state index is 0.0720. The zero-order valence-corrected chi connectivity index (χ0v) is 14.3. The third kappa shape index (κ3) is 3.74. The maximum absolute atomic E-state index is 12.5. The van der Waals surface area contributed by atoms with Crippen LogP contribution in [0.25, 0.3) is 0 Å². The fourth-order valence-corrected chi connectivity index (χ4v) is 4.54. The first-order valence-electron chi connectivity index (χ1n) is 6.68. The molecule has 1 saturated heterocycles. The number of thiophene rings is 1. The van der Waals surface area contributed by atoms with Crippen molar-refractivity contribution < 1.29 is 9.53 Å². The summed E-state index contributed by atoms with van der Waals surface area (Å²) in [5.74, 6) is 0.419. The highest BCUT2D eigenvalue weighted by atomic mass is 32.2. The number of rotatable bonds is 5. The average molecular weight is 330 g/mol. The zero-order chi connectivity index (χ0) is 14.7. The van der Waals surface area contributed by atoms with Crippen LogP contribution in [0.15, 0.2) is 21.7 Å². The van der Waals surface area contributed by atoms with E-state index in [1.807, 2.05) is 6.07 Å². The summed E-state index contributed by atoms with van der Waals surface area (Å²) < 4.78 is 6.62. The summed E-state index contributed by atoms with van der Waals surface area (Å²) in [6.45, 7) is 6.78. The average Bonchev–Trinajstić information content (AvgIpc) is 2.97. The molecule has 0 spiro atoms. The molecule has 1 aromatic heterocycles. The summed E-state index contributed by atoms with van der Waals surface area (Å²) in [6.07, 6.45) is 0.481. The number of ether oxygens (including phenoxy) is 1. The molecule has 0 N–H and O–H groups in total. The quantitative estimate of drug-likeness (QED) is 0.607. The first-order chi connectivity index (χ1) is 9.49. The second-order valence-electron chi connectivity index (χ2n) is 5.22. The van der Waals surface area contributed by atoms with Gasteiger partial charge in [-0.25, -0.2) is 0 Å². The Morgan fingerprint density at radius 1 is 1.60 bits per heavy atom. The summed E-state index contributed by atoms with van der Waals surface area (Å²) in [4.78, 5) is 14.1. The third-order valence-corrected chi connectivity index (χ3v) is 5.71. The van der Waals surface area contributed by atoms with Crippen LogP contribution in [0.5, 0.6) is 0 Å². The molecule has 3 nitrogen and oxygen atoms in total. The van der Waals surface area contributed by atoms with Gasteiger partial charge in [-0.1, -0.05) is 26.8 Å². The number of hydrogen-bond donors (Lipinski definition) is 0. The van der Waals surface area contributed by atoms with Crippen molar-refractivity contribution >= 4 is 46.4 Å². The van der Waals surface area contributed by atoms with Crippen LogP contribution < -0.4 is 0 Å². The van der Waals surface area contributed by atoms with Gasteiger partial charge < -0.3 is 4.74 Å². The fraction of sp³-hybridized carbons (Fsp3) is 0.571. The van der Waals surface area contributed by atoms with Crippen LogP contribution in [0.3, 0.4) is 0 Å². The van der Waals surface area contributed by atoms with Gasteiger partial charge in [0, 0.05) is 11.7 Å². The van der Waals surface area contributed by atoms with Gasteiger partial charge in [-0.2, -0.15) is 0 Å². The molecular weight excluding hydrogens is 310 g/mol. The van der Waals surface area contributed by atoms with Crippen LogP contribution in [-0.4, -0.2) is 33.9 Å². The number of thiocarbonyl (C=S) groups is 1.